The molecule has 2 aliphatic rings. The maximum atomic E-state index is 15.0. The number of fused-ring (bicyclic) bond motifs is 3. The summed E-state index contributed by atoms with van der Waals surface area (Å²) in [4.78, 5) is 216. The van der Waals surface area contributed by atoms with E-state index in [1.165, 1.54) is 32.9 Å². The fourth-order valence-electron chi connectivity index (χ4n) is 13.8. The fraction of sp³-hybridized carbons (Fsp3) is 0.622. The number of carbonyl (C=O) groups is 15. The lowest BCUT2D eigenvalue weighted by Gasteiger charge is -2.35. The largest absolute Gasteiger partial charge is 0.511 e. The summed E-state index contributed by atoms with van der Waals surface area (Å²) in [5.41, 5.74) is 0.944. The van der Waals surface area contributed by atoms with Crippen molar-refractivity contribution in [2.45, 2.75) is 298 Å². The Bertz CT molecular complexity index is 4090. The van der Waals surface area contributed by atoms with Crippen LogP contribution in [0.4, 0.5) is 4.79 Å². The molecule has 34 heteroatoms. The van der Waals surface area contributed by atoms with Gasteiger partial charge in [-0.3, -0.25) is 72.1 Å². The predicted molar refractivity (Wildman–Crippen MR) is 467 cm³/mol. The normalized spacial score (nSPS) is 16.0. The second kappa shape index (κ2) is 50.6. The summed E-state index contributed by atoms with van der Waals surface area (Å²) in [7, 11) is 0. The van der Waals surface area contributed by atoms with Crippen molar-refractivity contribution in [2.24, 2.45) is 22.2 Å². The Morgan fingerprint density at radius 2 is 1.02 bits per heavy atom. The van der Waals surface area contributed by atoms with Gasteiger partial charge in [0, 0.05) is 49.6 Å². The number of alkyl carbamates (subject to hydrolysis) is 1. The van der Waals surface area contributed by atoms with Crippen LogP contribution in [0.15, 0.2) is 90.2 Å². The summed E-state index contributed by atoms with van der Waals surface area (Å²) in [5, 5.41) is 34.0. The molecular weight excluding hydrogens is 1620 g/mol. The van der Waals surface area contributed by atoms with Gasteiger partial charge in [0.05, 0.1) is 55.0 Å². The zero-order valence-corrected chi connectivity index (χ0v) is 76.4. The van der Waals surface area contributed by atoms with Crippen molar-refractivity contribution in [2.75, 3.05) is 45.3 Å². The third kappa shape index (κ3) is 37.2. The van der Waals surface area contributed by atoms with E-state index >= 15 is 9.59 Å². The molecule has 2 aromatic carbocycles. The van der Waals surface area contributed by atoms with Crippen LogP contribution in [0.3, 0.4) is 0 Å². The molecule has 0 fully saturated rings. The fourth-order valence-corrected chi connectivity index (χ4v) is 14.4. The van der Waals surface area contributed by atoms with Crippen LogP contribution in [0.1, 0.15) is 232 Å². The van der Waals surface area contributed by atoms with E-state index in [0.29, 0.717) is 18.6 Å². The molecule has 124 heavy (non-hydrogen) atoms. The molecule has 0 aromatic heterocycles. The predicted octanol–water partition coefficient (Wildman–Crippen LogP) is 8.70. The van der Waals surface area contributed by atoms with Crippen LogP contribution in [0.2, 0.25) is 0 Å². The molecule has 10 N–H and O–H groups in total. The number of aliphatic hydroxyl groups is 1. The number of nitrogens with zero attached hydrogens (tertiary/aromatic N) is 1. The highest BCUT2D eigenvalue weighted by Crippen LogP contribution is 2.45. The molecule has 9 amide bonds. The highest BCUT2D eigenvalue weighted by molar-refractivity contribution is 8.13. The number of amides is 9. The van der Waals surface area contributed by atoms with E-state index in [1.54, 1.807) is 83.1 Å². The second-order valence-electron chi connectivity index (χ2n) is 35.1. The minimum atomic E-state index is -1.94. The molecule has 0 heterocycles. The number of rotatable bonds is 50. The van der Waals surface area contributed by atoms with Gasteiger partial charge in [-0.05, 0) is 168 Å². The Balaban J connectivity index is 1.71. The van der Waals surface area contributed by atoms with E-state index in [1.807, 2.05) is 76.2 Å². The Morgan fingerprint density at radius 3 is 1.52 bits per heavy atom. The number of hydrogen-bond donors (Lipinski definition) is 10. The number of hydrogen-bond acceptors (Lipinski definition) is 25. The lowest BCUT2D eigenvalue weighted by molar-refractivity contribution is -0.157. The topological polar surface area (TPSA) is 462 Å². The van der Waals surface area contributed by atoms with Gasteiger partial charge < -0.3 is 86.1 Å². The van der Waals surface area contributed by atoms with Gasteiger partial charge in [-0.25, -0.2) is 4.79 Å². The zero-order chi connectivity index (χ0) is 93.1. The molecule has 5 unspecified atom stereocenters. The van der Waals surface area contributed by atoms with Crippen LogP contribution < -0.4 is 47.9 Å². The van der Waals surface area contributed by atoms with E-state index in [0.717, 1.165) is 34.0 Å². The van der Waals surface area contributed by atoms with E-state index in [4.69, 9.17) is 38.2 Å². The second-order valence-corrected chi connectivity index (χ2v) is 36.3. The molecule has 0 aliphatic heterocycles. The van der Waals surface area contributed by atoms with Gasteiger partial charge in [0.25, 0.3) is 0 Å². The first kappa shape index (κ1) is 106. The van der Waals surface area contributed by atoms with Crippen LogP contribution in [0.5, 0.6) is 0 Å². The van der Waals surface area contributed by atoms with Crippen LogP contribution >= 0.6 is 11.8 Å². The van der Waals surface area contributed by atoms with Crippen molar-refractivity contribution in [3.8, 4) is 11.1 Å². The molecule has 688 valence electrons. The van der Waals surface area contributed by atoms with E-state index in [9.17, 15) is 67.4 Å². The maximum absolute atomic E-state index is 15.0. The van der Waals surface area contributed by atoms with Gasteiger partial charge in [-0.15, -0.1) is 0 Å². The van der Waals surface area contributed by atoms with Crippen LogP contribution in [-0.2, 0) is 100 Å². The number of nitrogens with one attached hydrogen (secondary N) is 9. The third-order valence-corrected chi connectivity index (χ3v) is 20.5. The first-order valence-electron chi connectivity index (χ1n) is 42.4. The van der Waals surface area contributed by atoms with Crippen LogP contribution in [0.25, 0.3) is 11.1 Å². The molecule has 2 aromatic rings. The summed E-state index contributed by atoms with van der Waals surface area (Å²) in [5.74, 6) is -12.8. The van der Waals surface area contributed by atoms with Crippen molar-refractivity contribution >= 4 is 106 Å². The molecule has 0 saturated carbocycles. The van der Waals surface area contributed by atoms with Crippen molar-refractivity contribution in [3.05, 3.63) is 96.3 Å². The number of ether oxygens (including phenoxy) is 7. The van der Waals surface area contributed by atoms with Gasteiger partial charge in [-0.1, -0.05) is 134 Å². The van der Waals surface area contributed by atoms with Crippen molar-refractivity contribution in [1.29, 1.82) is 0 Å². The zero-order valence-electron chi connectivity index (χ0n) is 75.6. The quantitative estimate of drug-likeness (QED) is 0.00972. The molecule has 4 rings (SSSR count). The van der Waals surface area contributed by atoms with Gasteiger partial charge >= 0.3 is 30.0 Å². The summed E-state index contributed by atoms with van der Waals surface area (Å²) in [6, 6.07) is 2.13. The lowest BCUT2D eigenvalue weighted by Crippen LogP contribution is -2.64. The molecular formula is C90H134N10O23S. The van der Waals surface area contributed by atoms with Gasteiger partial charge in [0.1, 0.15) is 79.5 Å². The van der Waals surface area contributed by atoms with E-state index in [2.05, 4.69) is 61.0 Å². The summed E-state index contributed by atoms with van der Waals surface area (Å²) < 4.78 is 39.2. The van der Waals surface area contributed by atoms with Crippen molar-refractivity contribution in [1.82, 2.24) is 47.9 Å². The number of aliphatic hydroxyl groups excluding tert-OH is 1. The standard InChI is InChI=1S/C90H134N10O23S/c1-22-43-118-69(103)39-37-63(95-80(110)62(36-30-31-42-91-65(46-52(5)6)74-67(101)48-90(20,21)49-68(74)102)97-86(116)120-51-61-59-34-28-26-32-57(59)58-33-27-29-35-60(58)61)79(109)93-54(8)78(108)94-64(38-40-70(104)119-44-23-2)81(111)96-66(47-72(106)123-89(17,18)19)82(112)98-75(53(7)24-3)84(114)100-77(56(10)122-88(14,15)16)85(115)99-76(55(9)121-87(11,12)13)83(113)92-50-73(107)124-45-41-71(105)117-25-4/h22-23,26-29,32-35,52-56,61-64,66,75-77,101H,1-2,24-25,30-31,36-51H2,3-21H3,(H,92,113)(H,93,109)(H,94,108)(H,95,110)(H,96,111)(H,97,116)(H,98,112)(H,99,115)(H,100,114)/t53-,54+,55-,56?,62+,63?,64?,66+,75?,76?,77+/m1/s1. The molecule has 11 atom stereocenters. The lowest BCUT2D eigenvalue weighted by atomic mass is 9.75. The maximum Gasteiger partial charge on any atom is 0.407 e. The monoisotopic (exact) mass is 1750 g/mol. The number of thioether (sulfide) groups is 1. The van der Waals surface area contributed by atoms with Gasteiger partial charge in [0.2, 0.25) is 52.4 Å². The number of allylic oxidation sites excluding steroid dienone is 2. The highest BCUT2D eigenvalue weighted by Gasteiger charge is 2.42. The minimum Gasteiger partial charge on any atom is -0.511 e. The molecule has 0 bridgehead atoms. The van der Waals surface area contributed by atoms with E-state index in [-0.39, 0.29) is 106 Å². The summed E-state index contributed by atoms with van der Waals surface area (Å²) in [6.07, 6.45) is -2.19. The van der Waals surface area contributed by atoms with Crippen molar-refractivity contribution < 1.29 is 110 Å². The molecule has 0 saturated heterocycles. The average molecular weight is 1760 g/mol. The van der Waals surface area contributed by atoms with Crippen LogP contribution in [-0.4, -0.2) is 222 Å². The van der Waals surface area contributed by atoms with E-state index < -0.39 is 210 Å². The number of unbranched alkanes of at least 4 members (excludes halogenated alkanes) is 1. The first-order valence-corrected chi connectivity index (χ1v) is 43.4. The number of Topliss-reactive ketones (excluding diaryl/α,β-unsaturated/α-hetero) is 1. The highest BCUT2D eigenvalue weighted by atomic mass is 32.2. The Hall–Kier alpha value is -10.3. The van der Waals surface area contributed by atoms with Crippen molar-refractivity contribution in [3.63, 3.8) is 0 Å². The number of aliphatic imine (C=N–C) groups is 1. The Kier molecular flexibility index (Phi) is 43.2. The molecule has 0 radical (unpaired) electrons. The smallest absolute Gasteiger partial charge is 0.407 e. The van der Waals surface area contributed by atoms with Gasteiger partial charge in [0.15, 0.2) is 5.78 Å². The number of esters is 4. The Morgan fingerprint density at radius 1 is 0.540 bits per heavy atom. The van der Waals surface area contributed by atoms with Crippen LogP contribution in [0, 0.1) is 17.3 Å². The molecule has 2 aliphatic carbocycles. The SMILES string of the molecule is C=CCOC(=O)CCC(NC(=O)[C@H](C)NC(=O)C(CCC(=O)OCC=C)NC(=O)[C@H](CCCCN=C(CC(C)C)C1=C(O)CC(C)(C)CC1=O)NC(=O)OCC1c2ccccc2-c2ccccc21)C(=O)N[C@@H](CC(=O)OC(C)(C)C)C(=O)NC(C(=O)N[C@H](C(=O)NC(C(=O)NCC(=O)SCCC(=O)OCC)[C@@H](C)OC(C)(C)C)C(C)OC(C)(C)C)[C@H](C)CC. The number of ketones is 1. The number of carbonyl (C=O) groups excluding carboxylic acids is 15. The van der Waals surface area contributed by atoms with Gasteiger partial charge in [-0.2, -0.15) is 0 Å². The summed E-state index contributed by atoms with van der Waals surface area (Å²) in [6.45, 7) is 38.0. The summed E-state index contributed by atoms with van der Waals surface area (Å²) >= 11 is 0.785. The minimum absolute atomic E-state index is 0.0359. The number of benzene rings is 2. The molecule has 33 nitrogen and oxygen atoms in total. The Labute approximate surface area is 733 Å². The third-order valence-electron chi connectivity index (χ3n) is 19.6. The average Bonchev–Trinajstić information content (AvgIpc) is 1.64. The first-order chi connectivity index (χ1) is 58.0. The molecule has 0 spiro atoms.